The molecule has 2 N–H and O–H groups in total. The van der Waals surface area contributed by atoms with Gasteiger partial charge in [-0.15, -0.1) is 0 Å². The Balaban J connectivity index is 1.71. The fraction of sp³-hybridized carbons (Fsp3) is 0.625. The van der Waals surface area contributed by atoms with Crippen LogP contribution in [0.4, 0.5) is 0 Å². The van der Waals surface area contributed by atoms with Crippen molar-refractivity contribution in [1.29, 1.82) is 0 Å². The van der Waals surface area contributed by atoms with Gasteiger partial charge in [-0.2, -0.15) is 0 Å². The van der Waals surface area contributed by atoms with E-state index in [1.807, 2.05) is 12.1 Å². The Hall–Kier alpha value is -0.810. The zero-order valence-electron chi connectivity index (χ0n) is 12.5. The van der Waals surface area contributed by atoms with Gasteiger partial charge in [-0.25, -0.2) is 0 Å². The SMILES string of the molecule is CCN1CCOC(C(N)Cc2cc(Cl)cc3c2OCC3)C1. The largest absolute Gasteiger partial charge is 0.493 e. The highest BCUT2D eigenvalue weighted by molar-refractivity contribution is 6.30. The van der Waals surface area contributed by atoms with Gasteiger partial charge in [0.05, 0.1) is 19.3 Å². The zero-order valence-corrected chi connectivity index (χ0v) is 13.2. The first-order valence-electron chi connectivity index (χ1n) is 7.71. The second-order valence-electron chi connectivity index (χ2n) is 5.82. The quantitative estimate of drug-likeness (QED) is 0.922. The van der Waals surface area contributed by atoms with Gasteiger partial charge in [0.25, 0.3) is 0 Å². The summed E-state index contributed by atoms with van der Waals surface area (Å²) in [6, 6.07) is 3.94. The van der Waals surface area contributed by atoms with Crippen LogP contribution >= 0.6 is 11.6 Å². The minimum atomic E-state index is -0.0360. The minimum absolute atomic E-state index is 0.0360. The molecule has 0 aliphatic carbocycles. The lowest BCUT2D eigenvalue weighted by molar-refractivity contribution is -0.0386. The van der Waals surface area contributed by atoms with Crippen molar-refractivity contribution < 1.29 is 9.47 Å². The fourth-order valence-corrected chi connectivity index (χ4v) is 3.42. The van der Waals surface area contributed by atoms with Crippen molar-refractivity contribution in [2.24, 2.45) is 5.73 Å². The van der Waals surface area contributed by atoms with Crippen LogP contribution in [0.2, 0.25) is 5.02 Å². The molecule has 0 spiro atoms. The first-order valence-corrected chi connectivity index (χ1v) is 8.08. The van der Waals surface area contributed by atoms with Crippen molar-refractivity contribution in [3.63, 3.8) is 0 Å². The summed E-state index contributed by atoms with van der Waals surface area (Å²) in [5.41, 5.74) is 8.70. The summed E-state index contributed by atoms with van der Waals surface area (Å²) in [6.45, 7) is 6.61. The molecule has 3 rings (SSSR count). The van der Waals surface area contributed by atoms with Crippen LogP contribution in [0.5, 0.6) is 5.75 Å². The molecule has 0 saturated carbocycles. The topological polar surface area (TPSA) is 47.7 Å². The van der Waals surface area contributed by atoms with Gasteiger partial charge in [0, 0.05) is 30.6 Å². The molecule has 0 bridgehead atoms. The molecule has 5 heteroatoms. The second kappa shape index (κ2) is 6.53. The molecule has 2 heterocycles. The number of morpholine rings is 1. The van der Waals surface area contributed by atoms with E-state index in [4.69, 9.17) is 26.8 Å². The van der Waals surface area contributed by atoms with E-state index in [2.05, 4.69) is 11.8 Å². The summed E-state index contributed by atoms with van der Waals surface area (Å²) in [4.78, 5) is 2.38. The van der Waals surface area contributed by atoms with Gasteiger partial charge in [-0.1, -0.05) is 18.5 Å². The van der Waals surface area contributed by atoms with E-state index < -0.39 is 0 Å². The van der Waals surface area contributed by atoms with Crippen molar-refractivity contribution in [2.45, 2.75) is 31.9 Å². The Kier molecular flexibility index (Phi) is 4.69. The molecule has 116 valence electrons. The van der Waals surface area contributed by atoms with Crippen LogP contribution in [-0.4, -0.2) is 49.9 Å². The van der Waals surface area contributed by atoms with Crippen LogP contribution in [0.3, 0.4) is 0 Å². The molecular weight excluding hydrogens is 288 g/mol. The van der Waals surface area contributed by atoms with Crippen LogP contribution in [0.15, 0.2) is 12.1 Å². The Bertz CT molecular complexity index is 509. The maximum Gasteiger partial charge on any atom is 0.125 e. The molecule has 4 nitrogen and oxygen atoms in total. The van der Waals surface area contributed by atoms with Gasteiger partial charge in [0.1, 0.15) is 5.75 Å². The highest BCUT2D eigenvalue weighted by Crippen LogP contribution is 2.33. The van der Waals surface area contributed by atoms with E-state index in [9.17, 15) is 0 Å². The molecule has 2 aliphatic heterocycles. The van der Waals surface area contributed by atoms with Crippen molar-refractivity contribution in [1.82, 2.24) is 4.90 Å². The van der Waals surface area contributed by atoms with E-state index in [0.717, 1.165) is 62.0 Å². The second-order valence-corrected chi connectivity index (χ2v) is 6.26. The molecule has 2 unspecified atom stereocenters. The predicted octanol–water partition coefficient (Wildman–Crippen LogP) is 1.87. The monoisotopic (exact) mass is 310 g/mol. The van der Waals surface area contributed by atoms with E-state index in [0.29, 0.717) is 0 Å². The molecule has 0 amide bonds. The molecule has 0 radical (unpaired) electrons. The number of ether oxygens (including phenoxy) is 2. The molecule has 1 aromatic carbocycles. The number of hydrogen-bond donors (Lipinski definition) is 1. The Morgan fingerprint density at radius 1 is 1.43 bits per heavy atom. The molecular formula is C16H23ClN2O2. The summed E-state index contributed by atoms with van der Waals surface area (Å²) >= 11 is 6.21. The summed E-state index contributed by atoms with van der Waals surface area (Å²) < 4.78 is 11.6. The number of nitrogens with zero attached hydrogens (tertiary/aromatic N) is 1. The van der Waals surface area contributed by atoms with E-state index in [1.54, 1.807) is 0 Å². The molecule has 2 aliphatic rings. The third-order valence-corrected chi connectivity index (χ3v) is 4.60. The lowest BCUT2D eigenvalue weighted by Crippen LogP contribution is -2.51. The van der Waals surface area contributed by atoms with Crippen LogP contribution in [-0.2, 0) is 17.6 Å². The lowest BCUT2D eigenvalue weighted by atomic mass is 9.98. The number of hydrogen-bond acceptors (Lipinski definition) is 4. The average molecular weight is 311 g/mol. The molecule has 1 saturated heterocycles. The lowest BCUT2D eigenvalue weighted by Gasteiger charge is -2.35. The maximum absolute atomic E-state index is 6.39. The van der Waals surface area contributed by atoms with Crippen molar-refractivity contribution in [3.8, 4) is 5.75 Å². The van der Waals surface area contributed by atoms with Gasteiger partial charge >= 0.3 is 0 Å². The third-order valence-electron chi connectivity index (χ3n) is 4.38. The summed E-state index contributed by atoms with van der Waals surface area (Å²) in [6.07, 6.45) is 1.75. The number of benzene rings is 1. The Labute approximate surface area is 131 Å². The zero-order chi connectivity index (χ0) is 14.8. The molecule has 1 aromatic rings. The molecule has 21 heavy (non-hydrogen) atoms. The van der Waals surface area contributed by atoms with Crippen LogP contribution < -0.4 is 10.5 Å². The van der Waals surface area contributed by atoms with Gasteiger partial charge in [0.2, 0.25) is 0 Å². The summed E-state index contributed by atoms with van der Waals surface area (Å²) in [7, 11) is 0. The average Bonchev–Trinajstić information content (AvgIpc) is 2.95. The highest BCUT2D eigenvalue weighted by Gasteiger charge is 2.27. The van der Waals surface area contributed by atoms with E-state index in [-0.39, 0.29) is 12.1 Å². The molecule has 2 atom stereocenters. The summed E-state index contributed by atoms with van der Waals surface area (Å²) in [5.74, 6) is 0.984. The van der Waals surface area contributed by atoms with Crippen LogP contribution in [0.25, 0.3) is 0 Å². The number of fused-ring (bicyclic) bond motifs is 1. The van der Waals surface area contributed by atoms with Crippen LogP contribution in [0.1, 0.15) is 18.1 Å². The first-order chi connectivity index (χ1) is 10.2. The standard InChI is InChI=1S/C16H23ClN2O2/c1-2-19-4-6-20-15(10-19)14(18)9-12-8-13(17)7-11-3-5-21-16(11)12/h7-8,14-15H,2-6,9-10,18H2,1H3. The summed E-state index contributed by atoms with van der Waals surface area (Å²) in [5, 5.41) is 0.765. The Morgan fingerprint density at radius 2 is 2.29 bits per heavy atom. The van der Waals surface area contributed by atoms with Crippen LogP contribution in [0, 0.1) is 0 Å². The number of nitrogens with two attached hydrogens (primary N) is 1. The number of halogens is 1. The first kappa shape index (κ1) is 15.1. The van der Waals surface area contributed by atoms with Gasteiger partial charge in [-0.05, 0) is 36.2 Å². The van der Waals surface area contributed by atoms with Crippen molar-refractivity contribution in [3.05, 3.63) is 28.3 Å². The van der Waals surface area contributed by atoms with Gasteiger partial charge in [0.15, 0.2) is 0 Å². The Morgan fingerprint density at radius 3 is 3.10 bits per heavy atom. The maximum atomic E-state index is 6.39. The van der Waals surface area contributed by atoms with Gasteiger partial charge < -0.3 is 15.2 Å². The minimum Gasteiger partial charge on any atom is -0.493 e. The number of rotatable bonds is 4. The fourth-order valence-electron chi connectivity index (χ4n) is 3.16. The normalized spacial score (nSPS) is 23.7. The van der Waals surface area contributed by atoms with E-state index in [1.165, 1.54) is 5.56 Å². The smallest absolute Gasteiger partial charge is 0.125 e. The third kappa shape index (κ3) is 3.34. The van der Waals surface area contributed by atoms with Crippen molar-refractivity contribution >= 4 is 11.6 Å². The van der Waals surface area contributed by atoms with E-state index >= 15 is 0 Å². The van der Waals surface area contributed by atoms with Gasteiger partial charge in [-0.3, -0.25) is 4.90 Å². The van der Waals surface area contributed by atoms with Crippen molar-refractivity contribution in [2.75, 3.05) is 32.8 Å². The number of likely N-dealkylation sites (N-methyl/N-ethyl adjacent to an activating group) is 1. The predicted molar refractivity (Wildman–Crippen MR) is 84.2 cm³/mol. The molecule has 0 aromatic heterocycles. The molecule has 1 fully saturated rings. The highest BCUT2D eigenvalue weighted by atomic mass is 35.5.